The van der Waals surface area contributed by atoms with E-state index in [-0.39, 0.29) is 0 Å². The lowest BCUT2D eigenvalue weighted by molar-refractivity contribution is -0.0791. The molecule has 0 amide bonds. The molecule has 1 fully saturated rings. The summed E-state index contributed by atoms with van der Waals surface area (Å²) >= 11 is 0. The van der Waals surface area contributed by atoms with Crippen LogP contribution in [-0.4, -0.2) is 0 Å². The van der Waals surface area contributed by atoms with Crippen LogP contribution in [0.5, 0.6) is 0 Å². The summed E-state index contributed by atoms with van der Waals surface area (Å²) in [4.78, 5) is 0. The van der Waals surface area contributed by atoms with Crippen molar-refractivity contribution in [2.45, 2.75) is 87.0 Å². The Hall–Kier alpha value is -1.04. The number of hydrogen-bond acceptors (Lipinski definition) is 0. The van der Waals surface area contributed by atoms with Gasteiger partial charge < -0.3 is 0 Å². The standard InChI is InChI=1S/C26H42/c1-9-13-22(11-3)16-17-25(7)20(5)18-21(6)26(8)23(19(4)10-2)14-12-15-24(25)26/h9,11,13-14,20-21,24H,4,10,12,15-18H2,1-3,5-8H3/b13-9-,22-11+. The van der Waals surface area contributed by atoms with Crippen LogP contribution in [0.25, 0.3) is 0 Å². The van der Waals surface area contributed by atoms with Gasteiger partial charge in [0.25, 0.3) is 0 Å². The first-order valence-electron chi connectivity index (χ1n) is 10.9. The maximum Gasteiger partial charge on any atom is -0.00166 e. The van der Waals surface area contributed by atoms with Crippen LogP contribution >= 0.6 is 0 Å². The lowest BCUT2D eigenvalue weighted by Crippen LogP contribution is -2.54. The summed E-state index contributed by atoms with van der Waals surface area (Å²) in [7, 11) is 0. The number of hydrogen-bond donors (Lipinski definition) is 0. The molecule has 0 aromatic rings. The van der Waals surface area contributed by atoms with Crippen LogP contribution in [0.15, 0.2) is 47.6 Å². The lowest BCUT2D eigenvalue weighted by atomic mass is 9.43. The second-order valence-electron chi connectivity index (χ2n) is 9.39. The third kappa shape index (κ3) is 3.54. The van der Waals surface area contributed by atoms with Crippen molar-refractivity contribution in [2.24, 2.45) is 28.6 Å². The predicted molar refractivity (Wildman–Crippen MR) is 117 cm³/mol. The molecule has 0 N–H and O–H groups in total. The molecule has 146 valence electrons. The fourth-order valence-corrected chi connectivity index (χ4v) is 6.20. The highest BCUT2D eigenvalue weighted by molar-refractivity contribution is 5.38. The van der Waals surface area contributed by atoms with Crippen LogP contribution in [0.1, 0.15) is 87.0 Å². The number of rotatable bonds is 6. The van der Waals surface area contributed by atoms with Crippen LogP contribution in [0.2, 0.25) is 0 Å². The van der Waals surface area contributed by atoms with Gasteiger partial charge in [-0.3, -0.25) is 0 Å². The van der Waals surface area contributed by atoms with E-state index in [4.69, 9.17) is 0 Å². The van der Waals surface area contributed by atoms with Gasteiger partial charge in [-0.25, -0.2) is 0 Å². The fraction of sp³-hybridized carbons (Fsp3) is 0.692. The highest BCUT2D eigenvalue weighted by atomic mass is 14.6. The SMILES string of the molecule is C=C(CC)C1=CCCC2C(C)(CCC(/C=C\C)=C/C)C(C)CC(C)C12C. The van der Waals surface area contributed by atoms with Crippen LogP contribution in [0.4, 0.5) is 0 Å². The Labute approximate surface area is 163 Å². The molecule has 2 aliphatic carbocycles. The van der Waals surface area contributed by atoms with E-state index in [0.717, 1.165) is 24.2 Å². The molecular weight excluding hydrogens is 312 g/mol. The molecule has 0 heterocycles. The summed E-state index contributed by atoms with van der Waals surface area (Å²) in [6, 6.07) is 0. The van der Waals surface area contributed by atoms with Crippen LogP contribution in [0, 0.1) is 28.6 Å². The van der Waals surface area contributed by atoms with Crippen molar-refractivity contribution < 1.29 is 0 Å². The van der Waals surface area contributed by atoms with Gasteiger partial charge in [-0.1, -0.05) is 76.6 Å². The van der Waals surface area contributed by atoms with Crippen molar-refractivity contribution in [3.63, 3.8) is 0 Å². The zero-order valence-electron chi connectivity index (χ0n) is 18.5. The van der Waals surface area contributed by atoms with E-state index in [9.17, 15) is 0 Å². The molecular formula is C26H42. The van der Waals surface area contributed by atoms with Gasteiger partial charge in [-0.05, 0) is 86.5 Å². The molecule has 0 aliphatic heterocycles. The molecule has 0 nitrogen and oxygen atoms in total. The van der Waals surface area contributed by atoms with Crippen molar-refractivity contribution in [1.29, 1.82) is 0 Å². The Morgan fingerprint density at radius 2 is 1.92 bits per heavy atom. The van der Waals surface area contributed by atoms with E-state index < -0.39 is 0 Å². The molecule has 2 aliphatic rings. The maximum absolute atomic E-state index is 4.46. The molecule has 0 spiro atoms. The second kappa shape index (κ2) is 8.32. The van der Waals surface area contributed by atoms with Crippen molar-refractivity contribution >= 4 is 0 Å². The minimum Gasteiger partial charge on any atom is -0.0956 e. The monoisotopic (exact) mass is 354 g/mol. The quantitative estimate of drug-likeness (QED) is 0.421. The Morgan fingerprint density at radius 1 is 1.23 bits per heavy atom. The number of allylic oxidation sites excluding steroid dienone is 7. The molecule has 0 saturated heterocycles. The summed E-state index contributed by atoms with van der Waals surface area (Å²) in [6.45, 7) is 21.2. The van der Waals surface area contributed by atoms with E-state index in [1.165, 1.54) is 43.3 Å². The molecule has 26 heavy (non-hydrogen) atoms. The Balaban J connectivity index is 2.39. The van der Waals surface area contributed by atoms with E-state index in [2.05, 4.69) is 79.3 Å². The highest BCUT2D eigenvalue weighted by Crippen LogP contribution is 2.65. The van der Waals surface area contributed by atoms with Gasteiger partial charge in [0.05, 0.1) is 0 Å². The maximum atomic E-state index is 4.46. The highest BCUT2D eigenvalue weighted by Gasteiger charge is 2.56. The zero-order valence-corrected chi connectivity index (χ0v) is 18.5. The van der Waals surface area contributed by atoms with Gasteiger partial charge in [-0.15, -0.1) is 0 Å². The van der Waals surface area contributed by atoms with Gasteiger partial charge in [0.15, 0.2) is 0 Å². The normalized spacial score (nSPS) is 38.2. The molecule has 0 radical (unpaired) electrons. The van der Waals surface area contributed by atoms with Gasteiger partial charge in [0.1, 0.15) is 0 Å². The van der Waals surface area contributed by atoms with Gasteiger partial charge in [-0.2, -0.15) is 0 Å². The summed E-state index contributed by atoms with van der Waals surface area (Å²) in [5, 5.41) is 0. The van der Waals surface area contributed by atoms with E-state index in [1.54, 1.807) is 5.57 Å². The van der Waals surface area contributed by atoms with E-state index in [1.807, 2.05) is 0 Å². The Morgan fingerprint density at radius 3 is 2.50 bits per heavy atom. The van der Waals surface area contributed by atoms with Crippen molar-refractivity contribution in [3.8, 4) is 0 Å². The molecule has 5 unspecified atom stereocenters. The predicted octanol–water partition coefficient (Wildman–Crippen LogP) is 8.28. The van der Waals surface area contributed by atoms with Gasteiger partial charge in [0.2, 0.25) is 0 Å². The van der Waals surface area contributed by atoms with Crippen LogP contribution in [-0.2, 0) is 0 Å². The van der Waals surface area contributed by atoms with Gasteiger partial charge in [0, 0.05) is 0 Å². The zero-order chi connectivity index (χ0) is 19.5. The first-order valence-corrected chi connectivity index (χ1v) is 10.9. The molecule has 5 atom stereocenters. The van der Waals surface area contributed by atoms with Crippen LogP contribution < -0.4 is 0 Å². The first kappa shape index (κ1) is 21.3. The van der Waals surface area contributed by atoms with E-state index in [0.29, 0.717) is 10.8 Å². The summed E-state index contributed by atoms with van der Waals surface area (Å²) in [5.74, 6) is 2.29. The largest absolute Gasteiger partial charge is 0.0956 e. The Bertz CT molecular complexity index is 602. The molecule has 0 aromatic carbocycles. The minimum absolute atomic E-state index is 0.295. The summed E-state index contributed by atoms with van der Waals surface area (Å²) in [5.41, 5.74) is 5.17. The van der Waals surface area contributed by atoms with Crippen LogP contribution in [0.3, 0.4) is 0 Å². The Kier molecular flexibility index (Phi) is 6.81. The van der Waals surface area contributed by atoms with Crippen molar-refractivity contribution in [3.05, 3.63) is 47.6 Å². The number of fused-ring (bicyclic) bond motifs is 1. The topological polar surface area (TPSA) is 0 Å². The van der Waals surface area contributed by atoms with Crippen molar-refractivity contribution in [1.82, 2.24) is 0 Å². The average molecular weight is 355 g/mol. The lowest BCUT2D eigenvalue weighted by Gasteiger charge is -2.61. The first-order chi connectivity index (χ1) is 12.2. The molecule has 0 heteroatoms. The van der Waals surface area contributed by atoms with E-state index >= 15 is 0 Å². The average Bonchev–Trinajstić information content (AvgIpc) is 2.63. The second-order valence-corrected chi connectivity index (χ2v) is 9.39. The molecule has 1 saturated carbocycles. The smallest absolute Gasteiger partial charge is 0.00166 e. The third-order valence-electron chi connectivity index (χ3n) is 8.27. The summed E-state index contributed by atoms with van der Waals surface area (Å²) < 4.78 is 0. The van der Waals surface area contributed by atoms with Gasteiger partial charge >= 0.3 is 0 Å². The molecule has 0 aromatic heterocycles. The molecule has 0 bridgehead atoms. The minimum atomic E-state index is 0.295. The molecule has 2 rings (SSSR count). The van der Waals surface area contributed by atoms with Crippen molar-refractivity contribution in [2.75, 3.05) is 0 Å². The third-order valence-corrected chi connectivity index (χ3v) is 8.27. The summed E-state index contributed by atoms with van der Waals surface area (Å²) in [6.07, 6.45) is 16.8. The fourth-order valence-electron chi connectivity index (χ4n) is 6.20.